The van der Waals surface area contributed by atoms with Gasteiger partial charge in [-0.2, -0.15) is 0 Å². The number of aromatic nitrogens is 1. The number of benzene rings is 2. The molecule has 0 aliphatic rings. The van der Waals surface area contributed by atoms with Gasteiger partial charge in [0.2, 0.25) is 0 Å². The third kappa shape index (κ3) is 2.22. The summed E-state index contributed by atoms with van der Waals surface area (Å²) in [6.45, 7) is 0. The molecule has 0 fully saturated rings. The molecule has 19 heavy (non-hydrogen) atoms. The van der Waals surface area contributed by atoms with Gasteiger partial charge in [0.1, 0.15) is 28.6 Å². The van der Waals surface area contributed by atoms with Crippen molar-refractivity contribution in [1.29, 1.82) is 0 Å². The van der Waals surface area contributed by atoms with Gasteiger partial charge in [-0.15, -0.1) is 11.3 Å². The smallest absolute Gasteiger partial charge is 0.152 e. The number of hydrogen-bond acceptors (Lipinski definition) is 4. The van der Waals surface area contributed by atoms with Crippen molar-refractivity contribution in [1.82, 2.24) is 4.98 Å². The Bertz CT molecular complexity index is 737. The highest BCUT2D eigenvalue weighted by molar-refractivity contribution is 7.16. The minimum Gasteiger partial charge on any atom is -0.455 e. The summed E-state index contributed by atoms with van der Waals surface area (Å²) in [5.41, 5.74) is 8.57. The van der Waals surface area contributed by atoms with Crippen molar-refractivity contribution in [2.24, 2.45) is 0 Å². The number of rotatable bonds is 2. The molecule has 0 aliphatic carbocycles. The third-order valence-electron chi connectivity index (χ3n) is 2.57. The summed E-state index contributed by atoms with van der Waals surface area (Å²) in [5, 5.41) is 0. The number of fused-ring (bicyclic) bond motifs is 1. The van der Waals surface area contributed by atoms with E-state index in [0.717, 1.165) is 22.9 Å². The molecule has 1 heterocycles. The Hall–Kier alpha value is -2.21. The van der Waals surface area contributed by atoms with Crippen molar-refractivity contribution in [2.75, 3.05) is 5.73 Å². The Morgan fingerprint density at radius 2 is 1.84 bits per heavy atom. The minimum absolute atomic E-state index is 0.0544. The van der Waals surface area contributed by atoms with E-state index >= 15 is 0 Å². The van der Waals surface area contributed by atoms with Crippen LogP contribution in [-0.2, 0) is 0 Å². The van der Waals surface area contributed by atoms with Gasteiger partial charge in [-0.25, -0.2) is 13.8 Å². The van der Waals surface area contributed by atoms with Crippen LogP contribution in [0.25, 0.3) is 10.2 Å². The van der Waals surface area contributed by atoms with Gasteiger partial charge in [0.15, 0.2) is 5.75 Å². The van der Waals surface area contributed by atoms with Crippen molar-refractivity contribution in [3.05, 3.63) is 47.5 Å². The van der Waals surface area contributed by atoms with Crippen LogP contribution in [0.3, 0.4) is 0 Å². The van der Waals surface area contributed by atoms with Crippen LogP contribution in [0, 0.1) is 11.6 Å². The van der Waals surface area contributed by atoms with Gasteiger partial charge in [0.05, 0.1) is 10.2 Å². The Kier molecular flexibility index (Phi) is 2.79. The molecule has 3 rings (SSSR count). The van der Waals surface area contributed by atoms with E-state index in [0.29, 0.717) is 17.0 Å². The van der Waals surface area contributed by atoms with Crippen LogP contribution in [0.1, 0.15) is 0 Å². The van der Waals surface area contributed by atoms with Crippen LogP contribution in [0.2, 0.25) is 0 Å². The summed E-state index contributed by atoms with van der Waals surface area (Å²) in [7, 11) is 0. The summed E-state index contributed by atoms with van der Waals surface area (Å²) < 4.78 is 32.5. The van der Waals surface area contributed by atoms with Crippen molar-refractivity contribution < 1.29 is 13.5 Å². The summed E-state index contributed by atoms with van der Waals surface area (Å²) in [6, 6.07) is 6.41. The molecule has 0 unspecified atom stereocenters. The van der Waals surface area contributed by atoms with Crippen LogP contribution in [0.5, 0.6) is 11.5 Å². The summed E-state index contributed by atoms with van der Waals surface area (Å²) in [5.74, 6) is -1.03. The second-order valence-electron chi connectivity index (χ2n) is 3.88. The van der Waals surface area contributed by atoms with Crippen molar-refractivity contribution in [2.45, 2.75) is 0 Å². The third-order valence-corrected chi connectivity index (χ3v) is 3.36. The molecule has 0 atom stereocenters. The molecule has 6 heteroatoms. The first kappa shape index (κ1) is 11.9. The molecule has 0 saturated heterocycles. The van der Waals surface area contributed by atoms with E-state index in [4.69, 9.17) is 10.5 Å². The maximum Gasteiger partial charge on any atom is 0.152 e. The average molecular weight is 278 g/mol. The van der Waals surface area contributed by atoms with Crippen LogP contribution in [-0.4, -0.2) is 4.98 Å². The molecule has 1 aromatic heterocycles. The van der Waals surface area contributed by atoms with Crippen LogP contribution < -0.4 is 10.5 Å². The van der Waals surface area contributed by atoms with E-state index in [-0.39, 0.29) is 5.75 Å². The molecule has 0 aliphatic heterocycles. The lowest BCUT2D eigenvalue weighted by molar-refractivity contribution is 0.471. The maximum atomic E-state index is 13.1. The largest absolute Gasteiger partial charge is 0.455 e. The first-order valence-corrected chi connectivity index (χ1v) is 6.27. The second kappa shape index (κ2) is 4.47. The summed E-state index contributed by atoms with van der Waals surface area (Å²) >= 11 is 1.45. The second-order valence-corrected chi connectivity index (χ2v) is 4.77. The standard InChI is InChI=1S/C13H8F2N2OS/c14-7-3-8(15)5-9(4-7)18-10-1-2-11-13(12(10)16)17-6-19-11/h1-6H,16H2. The number of nitrogens with zero attached hydrogens (tertiary/aromatic N) is 1. The zero-order valence-corrected chi connectivity index (χ0v) is 10.4. The Balaban J connectivity index is 2.02. The molecule has 2 aromatic carbocycles. The first-order chi connectivity index (χ1) is 9.13. The first-order valence-electron chi connectivity index (χ1n) is 5.39. The molecular formula is C13H8F2N2OS. The monoisotopic (exact) mass is 278 g/mol. The molecule has 0 saturated carbocycles. The van der Waals surface area contributed by atoms with E-state index in [2.05, 4.69) is 4.98 Å². The van der Waals surface area contributed by atoms with Crippen LogP contribution >= 0.6 is 11.3 Å². The van der Waals surface area contributed by atoms with Crippen LogP contribution in [0.4, 0.5) is 14.5 Å². The number of nitrogen functional groups attached to an aromatic ring is 1. The molecule has 0 radical (unpaired) electrons. The van der Waals surface area contributed by atoms with E-state index < -0.39 is 11.6 Å². The molecule has 3 aromatic rings. The lowest BCUT2D eigenvalue weighted by Crippen LogP contribution is -1.94. The fourth-order valence-corrected chi connectivity index (χ4v) is 2.43. The lowest BCUT2D eigenvalue weighted by Gasteiger charge is -2.09. The topological polar surface area (TPSA) is 48.1 Å². The van der Waals surface area contributed by atoms with Gasteiger partial charge in [-0.1, -0.05) is 0 Å². The molecule has 0 spiro atoms. The van der Waals surface area contributed by atoms with E-state index in [1.807, 2.05) is 0 Å². The van der Waals surface area contributed by atoms with Gasteiger partial charge in [-0.05, 0) is 12.1 Å². The number of thiazole rings is 1. The zero-order valence-electron chi connectivity index (χ0n) is 9.56. The molecule has 2 N–H and O–H groups in total. The number of hydrogen-bond donors (Lipinski definition) is 1. The predicted molar refractivity (Wildman–Crippen MR) is 70.5 cm³/mol. The molecule has 96 valence electrons. The summed E-state index contributed by atoms with van der Waals surface area (Å²) in [6.07, 6.45) is 0. The molecular weight excluding hydrogens is 270 g/mol. The minimum atomic E-state index is -0.705. The molecule has 0 bridgehead atoms. The lowest BCUT2D eigenvalue weighted by atomic mass is 10.2. The van der Waals surface area contributed by atoms with E-state index in [9.17, 15) is 8.78 Å². The molecule has 3 nitrogen and oxygen atoms in total. The maximum absolute atomic E-state index is 13.1. The van der Waals surface area contributed by atoms with E-state index in [1.54, 1.807) is 17.6 Å². The Labute approximate surface area is 111 Å². The van der Waals surface area contributed by atoms with Crippen LogP contribution in [0.15, 0.2) is 35.8 Å². The highest BCUT2D eigenvalue weighted by atomic mass is 32.1. The Morgan fingerprint density at radius 3 is 2.58 bits per heavy atom. The normalized spacial score (nSPS) is 10.8. The van der Waals surface area contributed by atoms with Gasteiger partial charge >= 0.3 is 0 Å². The van der Waals surface area contributed by atoms with Crippen molar-refractivity contribution in [3.63, 3.8) is 0 Å². The number of ether oxygens (including phenoxy) is 1. The Morgan fingerprint density at radius 1 is 1.11 bits per heavy atom. The quantitative estimate of drug-likeness (QED) is 0.722. The zero-order chi connectivity index (χ0) is 13.4. The number of nitrogens with two attached hydrogens (primary N) is 1. The molecule has 0 amide bonds. The highest BCUT2D eigenvalue weighted by Crippen LogP contribution is 2.34. The average Bonchev–Trinajstić information content (AvgIpc) is 2.80. The van der Waals surface area contributed by atoms with Gasteiger partial charge in [0.25, 0.3) is 0 Å². The summed E-state index contributed by atoms with van der Waals surface area (Å²) in [4.78, 5) is 4.12. The number of halogens is 2. The number of anilines is 1. The highest BCUT2D eigenvalue weighted by Gasteiger charge is 2.10. The predicted octanol–water partition coefficient (Wildman–Crippen LogP) is 3.95. The van der Waals surface area contributed by atoms with Gasteiger partial charge in [0, 0.05) is 18.2 Å². The van der Waals surface area contributed by atoms with Crippen molar-refractivity contribution in [3.8, 4) is 11.5 Å². The van der Waals surface area contributed by atoms with E-state index in [1.165, 1.54) is 11.3 Å². The fraction of sp³-hybridized carbons (Fsp3) is 0. The SMILES string of the molecule is Nc1c(Oc2cc(F)cc(F)c2)ccc2scnc12. The van der Waals surface area contributed by atoms with Gasteiger partial charge < -0.3 is 10.5 Å². The van der Waals surface area contributed by atoms with Gasteiger partial charge in [-0.3, -0.25) is 0 Å². The fourth-order valence-electron chi connectivity index (χ4n) is 1.74. The van der Waals surface area contributed by atoms with Crippen molar-refractivity contribution >= 4 is 27.2 Å².